The molecule has 5 heteroatoms. The number of ether oxygens (including phenoxy) is 2. The molecule has 5 nitrogen and oxygen atoms in total. The maximum absolute atomic E-state index is 11.4. The van der Waals surface area contributed by atoms with Gasteiger partial charge in [-0.25, -0.2) is 0 Å². The number of unbranched alkanes of at least 4 members (excludes halogenated alkanes) is 1. The fraction of sp³-hybridized carbons (Fsp3) is 1.00. The van der Waals surface area contributed by atoms with Crippen LogP contribution in [0.15, 0.2) is 0 Å². The van der Waals surface area contributed by atoms with Gasteiger partial charge in [0.25, 0.3) is 0 Å². The molecule has 0 radical (unpaired) electrons. The van der Waals surface area contributed by atoms with E-state index in [1.54, 1.807) is 0 Å². The summed E-state index contributed by atoms with van der Waals surface area (Å²) in [5.74, 6) is 3.41. The second kappa shape index (κ2) is 9.41. The Hall–Kier alpha value is -0.200. The molecule has 6 rings (SSSR count). The molecule has 0 amide bonds. The van der Waals surface area contributed by atoms with Gasteiger partial charge < -0.3 is 25.0 Å². The molecular formula is C33H57NO4. The first-order valence-electron chi connectivity index (χ1n) is 16.3. The number of fused-ring (bicyclic) bond motifs is 2. The standard InChI is InChI=1S/C33H57NO4/c1-21-32-16-15-31(6)23(9-7-8-13-29(2,3)36)25(35)19-24(31)22(32)10-11-26-30(4,5)27(12-14-33(21,26)32)38-28-20-34-17-18-37-28/h21-28,34-36H,7-20H2,1-6H3. The van der Waals surface area contributed by atoms with Crippen molar-refractivity contribution in [3.63, 3.8) is 0 Å². The first-order valence-corrected chi connectivity index (χ1v) is 16.3. The summed E-state index contributed by atoms with van der Waals surface area (Å²) in [4.78, 5) is 0. The Kier molecular flexibility index (Phi) is 6.92. The molecule has 5 aliphatic carbocycles. The Balaban J connectivity index is 1.18. The Labute approximate surface area is 232 Å². The van der Waals surface area contributed by atoms with Crippen molar-refractivity contribution >= 4 is 0 Å². The van der Waals surface area contributed by atoms with E-state index in [-0.39, 0.29) is 29.3 Å². The number of hydrogen-bond acceptors (Lipinski definition) is 5. The maximum atomic E-state index is 11.4. The van der Waals surface area contributed by atoms with E-state index >= 15 is 0 Å². The molecule has 1 saturated heterocycles. The molecule has 0 aromatic carbocycles. The minimum atomic E-state index is -0.578. The molecule has 0 aromatic rings. The van der Waals surface area contributed by atoms with Crippen LogP contribution >= 0.6 is 0 Å². The van der Waals surface area contributed by atoms with Gasteiger partial charge in [-0.05, 0) is 123 Å². The number of morpholine rings is 1. The van der Waals surface area contributed by atoms with E-state index in [2.05, 4.69) is 33.0 Å². The van der Waals surface area contributed by atoms with Gasteiger partial charge in [0.05, 0.1) is 24.4 Å². The summed E-state index contributed by atoms with van der Waals surface area (Å²) in [5, 5.41) is 25.0. The van der Waals surface area contributed by atoms with E-state index in [0.717, 1.165) is 76.0 Å². The Morgan fingerprint density at radius 2 is 1.79 bits per heavy atom. The van der Waals surface area contributed by atoms with Crippen LogP contribution in [-0.2, 0) is 9.47 Å². The molecule has 1 aliphatic heterocycles. The summed E-state index contributed by atoms with van der Waals surface area (Å²) in [5.41, 5.74) is 0.830. The highest BCUT2D eigenvalue weighted by atomic mass is 16.7. The number of nitrogens with one attached hydrogen (secondary N) is 1. The van der Waals surface area contributed by atoms with Crippen molar-refractivity contribution in [3.05, 3.63) is 0 Å². The van der Waals surface area contributed by atoms with E-state index in [9.17, 15) is 10.2 Å². The lowest BCUT2D eigenvalue weighted by Crippen LogP contribution is -2.56. The third kappa shape index (κ3) is 3.95. The van der Waals surface area contributed by atoms with Crippen LogP contribution in [-0.4, -0.2) is 54.0 Å². The van der Waals surface area contributed by atoms with Crippen LogP contribution in [0.25, 0.3) is 0 Å². The van der Waals surface area contributed by atoms with E-state index < -0.39 is 5.60 Å². The maximum Gasteiger partial charge on any atom is 0.170 e. The average Bonchev–Trinajstić information content (AvgIpc) is 3.27. The van der Waals surface area contributed by atoms with E-state index in [1.165, 1.54) is 32.1 Å². The summed E-state index contributed by atoms with van der Waals surface area (Å²) in [7, 11) is 0. The van der Waals surface area contributed by atoms with Gasteiger partial charge >= 0.3 is 0 Å². The zero-order valence-corrected chi connectivity index (χ0v) is 25.2. The molecule has 1 heterocycles. The first kappa shape index (κ1) is 27.9. The predicted molar refractivity (Wildman–Crippen MR) is 150 cm³/mol. The molecule has 218 valence electrons. The van der Waals surface area contributed by atoms with Crippen molar-refractivity contribution in [2.45, 2.75) is 136 Å². The summed E-state index contributed by atoms with van der Waals surface area (Å²) < 4.78 is 12.6. The van der Waals surface area contributed by atoms with Crippen LogP contribution in [0.4, 0.5) is 0 Å². The number of hydrogen-bond donors (Lipinski definition) is 3. The molecule has 38 heavy (non-hydrogen) atoms. The van der Waals surface area contributed by atoms with Gasteiger partial charge in [0.1, 0.15) is 0 Å². The van der Waals surface area contributed by atoms with Crippen LogP contribution in [0, 0.1) is 51.2 Å². The average molecular weight is 532 g/mol. The van der Waals surface area contributed by atoms with Gasteiger partial charge in [-0.3, -0.25) is 0 Å². The van der Waals surface area contributed by atoms with Gasteiger partial charge in [0.2, 0.25) is 0 Å². The fourth-order valence-corrected chi connectivity index (χ4v) is 12.2. The highest BCUT2D eigenvalue weighted by molar-refractivity contribution is 5.32. The third-order valence-electron chi connectivity index (χ3n) is 13.9. The molecule has 3 N–H and O–H groups in total. The highest BCUT2D eigenvalue weighted by Crippen LogP contribution is 2.89. The Bertz CT molecular complexity index is 879. The lowest BCUT2D eigenvalue weighted by molar-refractivity contribution is -0.232. The predicted octanol–water partition coefficient (Wildman–Crippen LogP) is 5.91. The van der Waals surface area contributed by atoms with E-state index in [1.807, 2.05) is 13.8 Å². The Morgan fingerprint density at radius 1 is 1.00 bits per heavy atom. The summed E-state index contributed by atoms with van der Waals surface area (Å²) in [6, 6.07) is 0. The molecule has 11 atom stereocenters. The van der Waals surface area contributed by atoms with Crippen LogP contribution in [0.1, 0.15) is 112 Å². The lowest BCUT2D eigenvalue weighted by atomic mass is 9.46. The summed E-state index contributed by atoms with van der Waals surface area (Å²) in [6.07, 6.45) is 13.0. The van der Waals surface area contributed by atoms with Crippen molar-refractivity contribution in [1.29, 1.82) is 0 Å². The quantitative estimate of drug-likeness (QED) is 0.356. The van der Waals surface area contributed by atoms with Gasteiger partial charge in [0, 0.05) is 13.1 Å². The van der Waals surface area contributed by atoms with Crippen LogP contribution in [0.2, 0.25) is 0 Å². The van der Waals surface area contributed by atoms with Crippen molar-refractivity contribution in [2.75, 3.05) is 19.7 Å². The smallest absolute Gasteiger partial charge is 0.170 e. The lowest BCUT2D eigenvalue weighted by Gasteiger charge is -2.59. The molecule has 2 spiro atoms. The number of aliphatic hydroxyl groups excluding tert-OH is 1. The zero-order chi connectivity index (χ0) is 27.1. The third-order valence-corrected chi connectivity index (χ3v) is 13.9. The first-order chi connectivity index (χ1) is 17.9. The minimum absolute atomic E-state index is 0.0975. The topological polar surface area (TPSA) is 71.0 Å². The summed E-state index contributed by atoms with van der Waals surface area (Å²) >= 11 is 0. The van der Waals surface area contributed by atoms with E-state index in [4.69, 9.17) is 9.47 Å². The van der Waals surface area contributed by atoms with Gasteiger partial charge in [-0.15, -0.1) is 0 Å². The zero-order valence-electron chi connectivity index (χ0n) is 25.2. The van der Waals surface area contributed by atoms with Gasteiger partial charge in [0.15, 0.2) is 6.29 Å². The number of aliphatic hydroxyl groups is 2. The largest absolute Gasteiger partial charge is 0.393 e. The van der Waals surface area contributed by atoms with Crippen molar-refractivity contribution < 1.29 is 19.7 Å². The second-order valence-corrected chi connectivity index (χ2v) is 16.1. The van der Waals surface area contributed by atoms with Crippen molar-refractivity contribution in [1.82, 2.24) is 5.32 Å². The monoisotopic (exact) mass is 531 g/mol. The molecule has 6 aliphatic rings. The highest BCUT2D eigenvalue weighted by Gasteiger charge is 2.84. The molecular weight excluding hydrogens is 474 g/mol. The minimum Gasteiger partial charge on any atom is -0.393 e. The fourth-order valence-electron chi connectivity index (χ4n) is 12.2. The van der Waals surface area contributed by atoms with Crippen molar-refractivity contribution in [2.24, 2.45) is 51.2 Å². The molecule has 6 fully saturated rings. The molecule has 0 aromatic heterocycles. The normalized spacial score (nSPS) is 51.5. The SMILES string of the molecule is CC1C23CCC4(C)C(CCCCC(C)(C)O)C(O)CC4C2CCC2C(C)(C)C(OC4CNCCO4)CCC213. The summed E-state index contributed by atoms with van der Waals surface area (Å²) in [6.45, 7) is 16.5. The van der Waals surface area contributed by atoms with Crippen LogP contribution in [0.5, 0.6) is 0 Å². The molecule has 0 bridgehead atoms. The Morgan fingerprint density at radius 3 is 2.50 bits per heavy atom. The van der Waals surface area contributed by atoms with Gasteiger partial charge in [-0.2, -0.15) is 0 Å². The molecule has 11 unspecified atom stereocenters. The van der Waals surface area contributed by atoms with Crippen LogP contribution < -0.4 is 5.32 Å². The van der Waals surface area contributed by atoms with E-state index in [0.29, 0.717) is 22.7 Å². The van der Waals surface area contributed by atoms with Crippen molar-refractivity contribution in [3.8, 4) is 0 Å². The van der Waals surface area contributed by atoms with Crippen LogP contribution in [0.3, 0.4) is 0 Å². The van der Waals surface area contributed by atoms with Gasteiger partial charge in [-0.1, -0.05) is 40.5 Å². The second-order valence-electron chi connectivity index (χ2n) is 16.1. The molecule has 5 saturated carbocycles. The number of rotatable bonds is 7.